The SMILES string of the molecule is CC(C)N1C(=O)CCC(C(=O)O)C1c1ccc(F)c(F)c1. The molecule has 0 spiro atoms. The van der Waals surface area contributed by atoms with Crippen molar-refractivity contribution in [3.63, 3.8) is 0 Å². The van der Waals surface area contributed by atoms with Gasteiger partial charge < -0.3 is 10.0 Å². The van der Waals surface area contributed by atoms with Gasteiger partial charge in [0.1, 0.15) is 0 Å². The molecule has 0 radical (unpaired) electrons. The van der Waals surface area contributed by atoms with Gasteiger partial charge in [0, 0.05) is 12.5 Å². The number of aliphatic carboxylic acids is 1. The fourth-order valence-corrected chi connectivity index (χ4v) is 2.87. The van der Waals surface area contributed by atoms with Crippen LogP contribution in [0.3, 0.4) is 0 Å². The smallest absolute Gasteiger partial charge is 0.308 e. The topological polar surface area (TPSA) is 57.6 Å². The summed E-state index contributed by atoms with van der Waals surface area (Å²) in [5.74, 6) is -4.07. The van der Waals surface area contributed by atoms with E-state index in [0.29, 0.717) is 5.56 Å². The number of piperidine rings is 1. The summed E-state index contributed by atoms with van der Waals surface area (Å²) in [4.78, 5) is 25.0. The monoisotopic (exact) mass is 297 g/mol. The maximum Gasteiger partial charge on any atom is 0.308 e. The molecule has 1 fully saturated rings. The van der Waals surface area contributed by atoms with Gasteiger partial charge in [-0.15, -0.1) is 0 Å². The Morgan fingerprint density at radius 2 is 2.00 bits per heavy atom. The molecule has 1 aromatic rings. The molecule has 0 aliphatic carbocycles. The first-order chi connectivity index (χ1) is 9.82. The summed E-state index contributed by atoms with van der Waals surface area (Å²) in [6, 6.07) is 2.27. The van der Waals surface area contributed by atoms with E-state index in [1.165, 1.54) is 11.0 Å². The third kappa shape index (κ3) is 2.89. The molecule has 1 saturated heterocycles. The van der Waals surface area contributed by atoms with E-state index in [0.717, 1.165) is 12.1 Å². The zero-order valence-electron chi connectivity index (χ0n) is 11.8. The average molecular weight is 297 g/mol. The van der Waals surface area contributed by atoms with Gasteiger partial charge in [0.05, 0.1) is 12.0 Å². The molecule has 1 heterocycles. The molecule has 1 amide bonds. The molecule has 21 heavy (non-hydrogen) atoms. The number of hydrogen-bond donors (Lipinski definition) is 1. The predicted octanol–water partition coefficient (Wildman–Crippen LogP) is 2.74. The van der Waals surface area contributed by atoms with Gasteiger partial charge in [-0.2, -0.15) is 0 Å². The third-order valence-electron chi connectivity index (χ3n) is 3.80. The van der Waals surface area contributed by atoms with E-state index < -0.39 is 29.6 Å². The van der Waals surface area contributed by atoms with Crippen LogP contribution in [-0.4, -0.2) is 27.9 Å². The van der Waals surface area contributed by atoms with Gasteiger partial charge in [0.15, 0.2) is 11.6 Å². The minimum absolute atomic E-state index is 0.148. The van der Waals surface area contributed by atoms with Crippen molar-refractivity contribution < 1.29 is 23.5 Å². The van der Waals surface area contributed by atoms with Gasteiger partial charge in [0.2, 0.25) is 5.91 Å². The second-order valence-corrected chi connectivity index (χ2v) is 5.50. The quantitative estimate of drug-likeness (QED) is 0.933. The maximum absolute atomic E-state index is 13.5. The van der Waals surface area contributed by atoms with E-state index >= 15 is 0 Å². The van der Waals surface area contributed by atoms with Crippen LogP contribution in [0.2, 0.25) is 0 Å². The summed E-state index contributed by atoms with van der Waals surface area (Å²) >= 11 is 0. The third-order valence-corrected chi connectivity index (χ3v) is 3.80. The lowest BCUT2D eigenvalue weighted by Gasteiger charge is -2.42. The number of carbonyl (C=O) groups excluding carboxylic acids is 1. The van der Waals surface area contributed by atoms with Gasteiger partial charge >= 0.3 is 5.97 Å². The van der Waals surface area contributed by atoms with E-state index in [-0.39, 0.29) is 24.8 Å². The number of nitrogens with zero attached hydrogens (tertiary/aromatic N) is 1. The number of amides is 1. The molecule has 1 aliphatic heterocycles. The van der Waals surface area contributed by atoms with Crippen LogP contribution in [0.5, 0.6) is 0 Å². The first kappa shape index (κ1) is 15.4. The molecule has 0 aromatic heterocycles. The molecule has 0 saturated carbocycles. The first-order valence-electron chi connectivity index (χ1n) is 6.82. The van der Waals surface area contributed by atoms with E-state index in [4.69, 9.17) is 0 Å². The summed E-state index contributed by atoms with van der Waals surface area (Å²) < 4.78 is 26.5. The van der Waals surface area contributed by atoms with Crippen molar-refractivity contribution in [2.24, 2.45) is 5.92 Å². The van der Waals surface area contributed by atoms with Gasteiger partial charge in [-0.3, -0.25) is 9.59 Å². The van der Waals surface area contributed by atoms with Crippen LogP contribution >= 0.6 is 0 Å². The second-order valence-electron chi connectivity index (χ2n) is 5.50. The largest absolute Gasteiger partial charge is 0.481 e. The Balaban J connectivity index is 2.51. The van der Waals surface area contributed by atoms with Crippen molar-refractivity contribution in [1.82, 2.24) is 4.90 Å². The second kappa shape index (κ2) is 5.79. The first-order valence-corrected chi connectivity index (χ1v) is 6.82. The molecule has 1 aromatic carbocycles. The highest BCUT2D eigenvalue weighted by atomic mass is 19.2. The molecule has 2 unspecified atom stereocenters. The minimum Gasteiger partial charge on any atom is -0.481 e. The van der Waals surface area contributed by atoms with Crippen molar-refractivity contribution in [1.29, 1.82) is 0 Å². The molecule has 6 heteroatoms. The van der Waals surface area contributed by atoms with Crippen molar-refractivity contribution >= 4 is 11.9 Å². The summed E-state index contributed by atoms with van der Waals surface area (Å²) in [5, 5.41) is 9.37. The van der Waals surface area contributed by atoms with Crippen LogP contribution in [0, 0.1) is 17.6 Å². The molecule has 1 aliphatic rings. The Kier molecular flexibility index (Phi) is 4.25. The van der Waals surface area contributed by atoms with E-state index in [1.807, 2.05) is 0 Å². The van der Waals surface area contributed by atoms with Crippen LogP contribution in [0.1, 0.15) is 38.3 Å². The highest BCUT2D eigenvalue weighted by molar-refractivity contribution is 5.82. The summed E-state index contributed by atoms with van der Waals surface area (Å²) in [7, 11) is 0. The van der Waals surface area contributed by atoms with Gasteiger partial charge in [-0.25, -0.2) is 8.78 Å². The molecular weight excluding hydrogens is 280 g/mol. The Morgan fingerprint density at radius 1 is 1.33 bits per heavy atom. The van der Waals surface area contributed by atoms with E-state index in [2.05, 4.69) is 0 Å². The Labute approximate surface area is 121 Å². The molecule has 2 rings (SSSR count). The highest BCUT2D eigenvalue weighted by Crippen LogP contribution is 2.38. The molecule has 2 atom stereocenters. The fraction of sp³-hybridized carbons (Fsp3) is 0.467. The normalized spacial score (nSPS) is 22.7. The summed E-state index contributed by atoms with van der Waals surface area (Å²) in [6.45, 7) is 3.55. The summed E-state index contributed by atoms with van der Waals surface area (Å²) in [5.41, 5.74) is 0.308. The van der Waals surface area contributed by atoms with Crippen LogP contribution in [-0.2, 0) is 9.59 Å². The molecule has 114 valence electrons. The van der Waals surface area contributed by atoms with Crippen LogP contribution in [0.15, 0.2) is 18.2 Å². The number of carboxylic acids is 1. The zero-order chi connectivity index (χ0) is 15.7. The highest BCUT2D eigenvalue weighted by Gasteiger charge is 2.41. The van der Waals surface area contributed by atoms with Crippen molar-refractivity contribution in [3.05, 3.63) is 35.4 Å². The van der Waals surface area contributed by atoms with Gasteiger partial charge in [0.25, 0.3) is 0 Å². The molecular formula is C15H17F2NO3. The van der Waals surface area contributed by atoms with Crippen molar-refractivity contribution in [2.75, 3.05) is 0 Å². The Hall–Kier alpha value is -1.98. The Bertz CT molecular complexity index is 574. The minimum atomic E-state index is -1.04. The molecule has 4 nitrogen and oxygen atoms in total. The lowest BCUT2D eigenvalue weighted by molar-refractivity contribution is -0.153. The zero-order valence-corrected chi connectivity index (χ0v) is 11.8. The number of benzene rings is 1. The van der Waals surface area contributed by atoms with Crippen molar-refractivity contribution in [2.45, 2.75) is 38.8 Å². The predicted molar refractivity (Wildman–Crippen MR) is 71.4 cm³/mol. The number of carboxylic acid groups (broad SMARTS) is 1. The maximum atomic E-state index is 13.5. The van der Waals surface area contributed by atoms with Crippen LogP contribution in [0.25, 0.3) is 0 Å². The van der Waals surface area contributed by atoms with Crippen LogP contribution in [0.4, 0.5) is 8.78 Å². The van der Waals surface area contributed by atoms with Crippen molar-refractivity contribution in [3.8, 4) is 0 Å². The van der Waals surface area contributed by atoms with Gasteiger partial charge in [-0.1, -0.05) is 6.07 Å². The van der Waals surface area contributed by atoms with E-state index in [9.17, 15) is 23.5 Å². The lowest BCUT2D eigenvalue weighted by atomic mass is 9.83. The number of likely N-dealkylation sites (tertiary alicyclic amines) is 1. The number of halogens is 2. The molecule has 1 N–H and O–H groups in total. The number of rotatable bonds is 3. The van der Waals surface area contributed by atoms with E-state index in [1.54, 1.807) is 13.8 Å². The lowest BCUT2D eigenvalue weighted by Crippen LogP contribution is -2.48. The Morgan fingerprint density at radius 3 is 2.52 bits per heavy atom. The molecule has 0 bridgehead atoms. The number of carbonyl (C=O) groups is 2. The fourth-order valence-electron chi connectivity index (χ4n) is 2.87. The number of hydrogen-bond acceptors (Lipinski definition) is 2. The average Bonchev–Trinajstić information content (AvgIpc) is 2.40. The van der Waals surface area contributed by atoms with Crippen LogP contribution < -0.4 is 0 Å². The standard InChI is InChI=1S/C15H17F2NO3/c1-8(2)18-13(19)6-4-10(15(20)21)14(18)9-3-5-11(16)12(17)7-9/h3,5,7-8,10,14H,4,6H2,1-2H3,(H,20,21). The van der Waals surface area contributed by atoms with Gasteiger partial charge in [-0.05, 0) is 38.0 Å². The summed E-state index contributed by atoms with van der Waals surface area (Å²) in [6.07, 6.45) is 0.344.